The van der Waals surface area contributed by atoms with Gasteiger partial charge in [0.05, 0.1) is 36.1 Å². The first-order valence-electron chi connectivity index (χ1n) is 18.1. The molecule has 4 aromatic carbocycles. The van der Waals surface area contributed by atoms with Gasteiger partial charge in [-0.2, -0.15) is 18.6 Å². The molecule has 0 saturated carbocycles. The number of thioether (sulfide) groups is 1. The zero-order valence-electron chi connectivity index (χ0n) is 33.4. The molecule has 0 radical (unpaired) electrons. The first-order chi connectivity index (χ1) is 28.0. The van der Waals surface area contributed by atoms with E-state index in [2.05, 4.69) is 24.3 Å². The molecule has 0 bridgehead atoms. The summed E-state index contributed by atoms with van der Waals surface area (Å²) in [5.74, 6) is 1.38. The number of nitrogens with one attached hydrogen (secondary N) is 1. The van der Waals surface area contributed by atoms with E-state index in [1.165, 1.54) is 50.2 Å². The van der Waals surface area contributed by atoms with Crippen molar-refractivity contribution in [2.24, 2.45) is 25.3 Å². The Balaban J connectivity index is 0.000000280. The standard InChI is InChI=1S/C19H22N4O3S.C18H19N3O3S2.C2H7N.CH4O/c1-3-20-19(22-27(24,25)17-11-9-16(26-2)10-12-17)23-18(13-14-21-23)15-7-5-4-6-8-15;1-24-15-8-10-16(11-9-15)26(22,23)20-18(25-2)21-17(12-13-19-21)14-6-4-3-5-7-14;1-2-3;1-2/h4-12,14,18H,3,13H2,1-2H3,(H,20,22);3-11,13,17H,12H2,1-2H3;2-3H2,1H3;2H,1H3. The van der Waals surface area contributed by atoms with Crippen LogP contribution in [-0.2, 0) is 20.0 Å². The molecule has 2 atom stereocenters. The second-order valence-electron chi connectivity index (χ2n) is 11.8. The number of hydrogen-bond acceptors (Lipinski definition) is 12. The highest BCUT2D eigenvalue weighted by Crippen LogP contribution is 2.32. The number of amidine groups is 1. The van der Waals surface area contributed by atoms with E-state index in [9.17, 15) is 16.8 Å². The van der Waals surface area contributed by atoms with E-state index >= 15 is 0 Å². The van der Waals surface area contributed by atoms with Crippen LogP contribution in [0.3, 0.4) is 0 Å². The fourth-order valence-electron chi connectivity index (χ4n) is 5.43. The maximum absolute atomic E-state index is 12.8. The lowest BCUT2D eigenvalue weighted by molar-refractivity contribution is 0.361. The average Bonchev–Trinajstić information content (AvgIpc) is 3.96. The summed E-state index contributed by atoms with van der Waals surface area (Å²) in [4.78, 5) is 4.59. The highest BCUT2D eigenvalue weighted by Gasteiger charge is 2.30. The number of hydrogen-bond donors (Lipinski definition) is 3. The minimum Gasteiger partial charge on any atom is -0.497 e. The van der Waals surface area contributed by atoms with Gasteiger partial charge in [-0.25, -0.2) is 23.2 Å². The normalized spacial score (nSPS) is 16.3. The van der Waals surface area contributed by atoms with Crippen molar-refractivity contribution in [1.82, 2.24) is 14.7 Å². The summed E-state index contributed by atoms with van der Waals surface area (Å²) < 4.78 is 67.7. The summed E-state index contributed by atoms with van der Waals surface area (Å²) in [6, 6.07) is 31.9. The predicted octanol–water partition coefficient (Wildman–Crippen LogP) is 5.89. The highest BCUT2D eigenvalue weighted by atomic mass is 32.2. The largest absolute Gasteiger partial charge is 0.497 e. The fourth-order valence-corrected chi connectivity index (χ4v) is 8.27. The minimum atomic E-state index is -3.84. The second-order valence-corrected chi connectivity index (χ2v) is 15.9. The van der Waals surface area contributed by atoms with Crippen molar-refractivity contribution in [3.63, 3.8) is 0 Å². The number of rotatable bonds is 9. The molecule has 15 nitrogen and oxygen atoms in total. The summed E-state index contributed by atoms with van der Waals surface area (Å²) in [5.41, 5.74) is 6.95. The molecule has 0 spiro atoms. The molecule has 4 aromatic rings. The summed E-state index contributed by atoms with van der Waals surface area (Å²) >= 11 is 1.25. The SMILES string of the molecule is CCN.CCN=C(NS(=O)(=O)c1ccc(OC)cc1)N1N=CCC1c1ccccc1.CO.COc1ccc(S(=O)(=O)N=C(SC)N2N=CCC2c2ccccc2)cc1. The van der Waals surface area contributed by atoms with Crippen LogP contribution in [-0.4, -0.2) is 96.2 Å². The van der Waals surface area contributed by atoms with Crippen LogP contribution in [0.5, 0.6) is 11.5 Å². The minimum absolute atomic E-state index is 0.0616. The number of aliphatic hydroxyl groups is 1. The predicted molar refractivity (Wildman–Crippen MR) is 234 cm³/mol. The van der Waals surface area contributed by atoms with E-state index in [4.69, 9.17) is 20.3 Å². The molecule has 2 unspecified atom stereocenters. The molecule has 0 aromatic heterocycles. The number of hydrazone groups is 2. The smallest absolute Gasteiger partial charge is 0.284 e. The van der Waals surface area contributed by atoms with Gasteiger partial charge in [0.2, 0.25) is 5.96 Å². The van der Waals surface area contributed by atoms with Crippen LogP contribution in [0.15, 0.2) is 139 Å². The van der Waals surface area contributed by atoms with Crippen LogP contribution in [0.25, 0.3) is 0 Å². The van der Waals surface area contributed by atoms with E-state index < -0.39 is 20.0 Å². The van der Waals surface area contributed by atoms with Crippen LogP contribution in [0.4, 0.5) is 0 Å². The van der Waals surface area contributed by atoms with Gasteiger partial charge in [-0.15, -0.1) is 4.40 Å². The number of nitrogens with two attached hydrogens (primary N) is 1. The third-order valence-electron chi connectivity index (χ3n) is 8.08. The van der Waals surface area contributed by atoms with Crippen LogP contribution in [0.2, 0.25) is 0 Å². The van der Waals surface area contributed by atoms with E-state index in [0.29, 0.717) is 36.1 Å². The van der Waals surface area contributed by atoms with E-state index in [1.807, 2.05) is 74.5 Å². The highest BCUT2D eigenvalue weighted by molar-refractivity contribution is 8.13. The van der Waals surface area contributed by atoms with Crippen molar-refractivity contribution in [3.05, 3.63) is 120 Å². The quantitative estimate of drug-likeness (QED) is 0.134. The van der Waals surface area contributed by atoms with Crippen LogP contribution >= 0.6 is 11.8 Å². The summed E-state index contributed by atoms with van der Waals surface area (Å²) in [7, 11) is -3.58. The molecular formula is C40H52N8O7S3. The Labute approximate surface area is 346 Å². The molecular weight excluding hydrogens is 801 g/mol. The summed E-state index contributed by atoms with van der Waals surface area (Å²) in [6.07, 6.45) is 6.72. The van der Waals surface area contributed by atoms with Gasteiger partial charge in [0, 0.05) is 38.9 Å². The molecule has 2 aliphatic heterocycles. The van der Waals surface area contributed by atoms with Gasteiger partial charge >= 0.3 is 0 Å². The number of methoxy groups -OCH3 is 2. The Morgan fingerprint density at radius 2 is 1.19 bits per heavy atom. The lowest BCUT2D eigenvalue weighted by Crippen LogP contribution is -2.42. The number of ether oxygens (including phenoxy) is 2. The fraction of sp³-hybridized carbons (Fsp3) is 0.300. The van der Waals surface area contributed by atoms with Crippen molar-refractivity contribution in [2.45, 2.75) is 48.6 Å². The first kappa shape index (κ1) is 47.1. The Hall–Kier alpha value is -5.27. The van der Waals surface area contributed by atoms with Gasteiger partial charge in [-0.3, -0.25) is 4.99 Å². The van der Waals surface area contributed by atoms with Crippen LogP contribution < -0.4 is 19.9 Å². The van der Waals surface area contributed by atoms with Crippen LogP contribution in [0.1, 0.15) is 49.9 Å². The molecule has 4 N–H and O–H groups in total. The number of nitrogens with zero attached hydrogens (tertiary/aromatic N) is 6. The maximum Gasteiger partial charge on any atom is 0.284 e. The molecule has 0 saturated heterocycles. The topological polar surface area (TPSA) is 201 Å². The molecule has 2 heterocycles. The van der Waals surface area contributed by atoms with E-state index in [0.717, 1.165) is 24.8 Å². The van der Waals surface area contributed by atoms with E-state index in [-0.39, 0.29) is 27.8 Å². The molecule has 6 rings (SSSR count). The Morgan fingerprint density at radius 1 is 0.759 bits per heavy atom. The lowest BCUT2D eigenvalue weighted by Gasteiger charge is -2.25. The molecule has 58 heavy (non-hydrogen) atoms. The molecule has 2 aliphatic rings. The Kier molecular flexibility index (Phi) is 19.4. The third-order valence-corrected chi connectivity index (χ3v) is 11.5. The number of aliphatic hydroxyl groups excluding tert-OH is 1. The Bertz CT molecular complexity index is 2170. The third kappa shape index (κ3) is 13.1. The van der Waals surface area contributed by atoms with Crippen molar-refractivity contribution in [3.8, 4) is 11.5 Å². The van der Waals surface area contributed by atoms with Gasteiger partial charge in [-0.1, -0.05) is 79.3 Å². The monoisotopic (exact) mass is 852 g/mol. The molecule has 0 amide bonds. The number of sulfonamides is 2. The molecule has 312 valence electrons. The second kappa shape index (κ2) is 23.8. The van der Waals surface area contributed by atoms with Gasteiger partial charge in [0.25, 0.3) is 20.0 Å². The van der Waals surface area contributed by atoms with Gasteiger partial charge in [-0.05, 0) is 79.4 Å². The van der Waals surface area contributed by atoms with Gasteiger partial charge < -0.3 is 20.3 Å². The van der Waals surface area contributed by atoms with Crippen molar-refractivity contribution < 1.29 is 31.4 Å². The molecule has 18 heteroatoms. The van der Waals surface area contributed by atoms with E-state index in [1.54, 1.807) is 53.0 Å². The number of guanidine groups is 1. The maximum atomic E-state index is 12.8. The van der Waals surface area contributed by atoms with Crippen molar-refractivity contribution >= 4 is 55.4 Å². The van der Waals surface area contributed by atoms with Gasteiger partial charge in [0.1, 0.15) is 11.5 Å². The zero-order valence-corrected chi connectivity index (χ0v) is 35.9. The first-order valence-corrected chi connectivity index (χ1v) is 22.3. The summed E-state index contributed by atoms with van der Waals surface area (Å²) in [6.45, 7) is 4.92. The number of benzene rings is 4. The lowest BCUT2D eigenvalue weighted by atomic mass is 10.1. The molecule has 0 aliphatic carbocycles. The van der Waals surface area contributed by atoms with Crippen molar-refractivity contribution in [1.29, 1.82) is 0 Å². The Morgan fingerprint density at radius 3 is 1.62 bits per heavy atom. The van der Waals surface area contributed by atoms with Crippen LogP contribution in [0, 0.1) is 0 Å². The van der Waals surface area contributed by atoms with Crippen molar-refractivity contribution in [2.75, 3.05) is 40.7 Å². The average molecular weight is 853 g/mol. The molecule has 0 fully saturated rings. The van der Waals surface area contributed by atoms with Gasteiger partial charge in [0.15, 0.2) is 5.17 Å². The zero-order chi connectivity index (χ0) is 42.6. The summed E-state index contributed by atoms with van der Waals surface area (Å²) in [5, 5.41) is 19.3. The number of aliphatic imine (C=N–C) groups is 1.